The molecule has 1 rings (SSSR count). The van der Waals surface area contributed by atoms with Gasteiger partial charge in [-0.1, -0.05) is 34.1 Å². The fourth-order valence-corrected chi connectivity index (χ4v) is 1.62. The predicted molar refractivity (Wildman–Crippen MR) is 43.0 cm³/mol. The summed E-state index contributed by atoms with van der Waals surface area (Å²) in [6, 6.07) is 0. The van der Waals surface area contributed by atoms with E-state index in [1.165, 1.54) is 6.42 Å². The van der Waals surface area contributed by atoms with Crippen LogP contribution in [0, 0.1) is 11.8 Å². The van der Waals surface area contributed by atoms with Gasteiger partial charge < -0.3 is 4.74 Å². The van der Waals surface area contributed by atoms with Gasteiger partial charge >= 0.3 is 0 Å². The molecule has 2 atom stereocenters. The lowest BCUT2D eigenvalue weighted by Crippen LogP contribution is -2.27. The van der Waals surface area contributed by atoms with Crippen LogP contribution in [-0.4, -0.2) is 12.2 Å². The van der Waals surface area contributed by atoms with Crippen molar-refractivity contribution in [1.29, 1.82) is 0 Å². The zero-order valence-electron chi connectivity index (χ0n) is 7.48. The molecular formula is C9H18O. The average molecular weight is 142 g/mol. The van der Waals surface area contributed by atoms with E-state index in [-0.39, 0.29) is 5.60 Å². The summed E-state index contributed by atoms with van der Waals surface area (Å²) in [7, 11) is 0. The lowest BCUT2D eigenvalue weighted by molar-refractivity contribution is 0.168. The van der Waals surface area contributed by atoms with Crippen molar-refractivity contribution in [3.05, 3.63) is 0 Å². The Hall–Kier alpha value is -0.0400. The van der Waals surface area contributed by atoms with E-state index in [1.807, 2.05) is 0 Å². The highest BCUT2D eigenvalue weighted by Crippen LogP contribution is 2.43. The molecule has 1 heteroatoms. The number of hydrogen-bond acceptors (Lipinski definition) is 1. The zero-order valence-corrected chi connectivity index (χ0v) is 7.48. The van der Waals surface area contributed by atoms with Crippen molar-refractivity contribution in [3.8, 4) is 0 Å². The second-order valence-electron chi connectivity index (χ2n) is 3.71. The van der Waals surface area contributed by atoms with Crippen LogP contribution < -0.4 is 0 Å². The molecular weight excluding hydrogens is 124 g/mol. The molecule has 0 radical (unpaired) electrons. The van der Waals surface area contributed by atoms with Crippen molar-refractivity contribution in [1.82, 2.24) is 0 Å². The molecule has 10 heavy (non-hydrogen) atoms. The molecule has 0 spiro atoms. The van der Waals surface area contributed by atoms with E-state index in [2.05, 4.69) is 27.7 Å². The van der Waals surface area contributed by atoms with Crippen LogP contribution in [0.15, 0.2) is 0 Å². The minimum atomic E-state index is 0.259. The molecule has 0 aliphatic carbocycles. The molecule has 0 amide bonds. The molecule has 1 aliphatic heterocycles. The van der Waals surface area contributed by atoms with E-state index in [9.17, 15) is 0 Å². The van der Waals surface area contributed by atoms with E-state index in [0.717, 1.165) is 12.5 Å². The molecule has 1 heterocycles. The molecule has 0 bridgehead atoms. The summed E-state index contributed by atoms with van der Waals surface area (Å²) in [5, 5.41) is 0. The van der Waals surface area contributed by atoms with E-state index in [0.29, 0.717) is 5.92 Å². The fraction of sp³-hybridized carbons (Fsp3) is 1.00. The van der Waals surface area contributed by atoms with Crippen LogP contribution in [0.1, 0.15) is 34.1 Å². The monoisotopic (exact) mass is 142 g/mol. The van der Waals surface area contributed by atoms with Gasteiger partial charge in [-0.2, -0.15) is 0 Å². The number of rotatable bonds is 3. The zero-order chi connectivity index (χ0) is 7.78. The van der Waals surface area contributed by atoms with Crippen molar-refractivity contribution < 1.29 is 4.74 Å². The quantitative estimate of drug-likeness (QED) is 0.551. The van der Waals surface area contributed by atoms with Crippen molar-refractivity contribution in [2.24, 2.45) is 11.8 Å². The van der Waals surface area contributed by atoms with Crippen LogP contribution in [0.5, 0.6) is 0 Å². The first-order chi connectivity index (χ1) is 4.63. The fourth-order valence-electron chi connectivity index (χ4n) is 1.62. The number of ether oxygens (including phenoxy) is 1. The molecule has 1 saturated heterocycles. The minimum Gasteiger partial charge on any atom is -0.369 e. The SMILES string of the molecule is CCC(C)C1(C(C)C)CO1. The Balaban J connectivity index is 2.51. The largest absolute Gasteiger partial charge is 0.369 e. The lowest BCUT2D eigenvalue weighted by Gasteiger charge is -2.22. The maximum Gasteiger partial charge on any atom is 0.0964 e. The van der Waals surface area contributed by atoms with E-state index in [4.69, 9.17) is 4.74 Å². The Bertz CT molecular complexity index is 114. The minimum absolute atomic E-state index is 0.259. The Morgan fingerprint density at radius 1 is 1.40 bits per heavy atom. The summed E-state index contributed by atoms with van der Waals surface area (Å²) in [6.07, 6.45) is 1.23. The van der Waals surface area contributed by atoms with Crippen molar-refractivity contribution in [2.75, 3.05) is 6.61 Å². The number of epoxide rings is 1. The predicted octanol–water partition coefficient (Wildman–Crippen LogP) is 2.46. The first kappa shape index (κ1) is 8.06. The van der Waals surface area contributed by atoms with Gasteiger partial charge in [0.05, 0.1) is 12.2 Å². The van der Waals surface area contributed by atoms with Crippen molar-refractivity contribution in [3.63, 3.8) is 0 Å². The van der Waals surface area contributed by atoms with Gasteiger partial charge in [-0.05, 0) is 11.8 Å². The molecule has 1 fully saturated rings. The van der Waals surface area contributed by atoms with Crippen LogP contribution in [0.3, 0.4) is 0 Å². The highest BCUT2D eigenvalue weighted by molar-refractivity contribution is 4.98. The van der Waals surface area contributed by atoms with Crippen molar-refractivity contribution in [2.45, 2.75) is 39.7 Å². The molecule has 0 saturated carbocycles. The van der Waals surface area contributed by atoms with Crippen molar-refractivity contribution >= 4 is 0 Å². The van der Waals surface area contributed by atoms with Crippen LogP contribution in [0.25, 0.3) is 0 Å². The van der Waals surface area contributed by atoms with E-state index < -0.39 is 0 Å². The summed E-state index contributed by atoms with van der Waals surface area (Å²) in [5.41, 5.74) is 0.259. The second kappa shape index (κ2) is 2.54. The van der Waals surface area contributed by atoms with Crippen LogP contribution in [0.4, 0.5) is 0 Å². The van der Waals surface area contributed by atoms with Gasteiger partial charge in [0, 0.05) is 0 Å². The molecule has 2 unspecified atom stereocenters. The normalized spacial score (nSPS) is 34.5. The van der Waals surface area contributed by atoms with Crippen LogP contribution in [-0.2, 0) is 4.74 Å². The van der Waals surface area contributed by atoms with Gasteiger partial charge in [-0.3, -0.25) is 0 Å². The highest BCUT2D eigenvalue weighted by atomic mass is 16.6. The molecule has 0 aromatic rings. The second-order valence-corrected chi connectivity index (χ2v) is 3.71. The maximum atomic E-state index is 5.51. The molecule has 0 aromatic carbocycles. The Morgan fingerprint density at radius 3 is 2.00 bits per heavy atom. The van der Waals surface area contributed by atoms with Gasteiger partial charge in [0.15, 0.2) is 0 Å². The highest BCUT2D eigenvalue weighted by Gasteiger charge is 2.50. The molecule has 0 aromatic heterocycles. The summed E-state index contributed by atoms with van der Waals surface area (Å²) in [6.45, 7) is 10.0. The summed E-state index contributed by atoms with van der Waals surface area (Å²) >= 11 is 0. The van der Waals surface area contributed by atoms with Gasteiger partial charge in [0.1, 0.15) is 0 Å². The maximum absolute atomic E-state index is 5.51. The molecule has 1 nitrogen and oxygen atoms in total. The third-order valence-corrected chi connectivity index (χ3v) is 2.90. The standard InChI is InChI=1S/C9H18O/c1-5-8(4)9(6-10-9)7(2)3/h7-8H,5-6H2,1-4H3. The average Bonchev–Trinajstić information content (AvgIpc) is 2.65. The molecule has 1 aliphatic rings. The first-order valence-corrected chi connectivity index (χ1v) is 4.27. The Kier molecular flexibility index (Phi) is 2.04. The Morgan fingerprint density at radius 2 is 1.90 bits per heavy atom. The van der Waals surface area contributed by atoms with Gasteiger partial charge in [0.25, 0.3) is 0 Å². The topological polar surface area (TPSA) is 12.5 Å². The molecule has 60 valence electrons. The summed E-state index contributed by atoms with van der Waals surface area (Å²) in [4.78, 5) is 0. The van der Waals surface area contributed by atoms with Crippen LogP contribution in [0.2, 0.25) is 0 Å². The molecule has 0 N–H and O–H groups in total. The summed E-state index contributed by atoms with van der Waals surface area (Å²) in [5.74, 6) is 1.41. The first-order valence-electron chi connectivity index (χ1n) is 4.27. The van der Waals surface area contributed by atoms with E-state index >= 15 is 0 Å². The number of hydrogen-bond donors (Lipinski definition) is 0. The third-order valence-electron chi connectivity index (χ3n) is 2.90. The third kappa shape index (κ3) is 1.07. The lowest BCUT2D eigenvalue weighted by atomic mass is 9.83. The van der Waals surface area contributed by atoms with Crippen LogP contribution >= 0.6 is 0 Å². The van der Waals surface area contributed by atoms with Gasteiger partial charge in [-0.15, -0.1) is 0 Å². The smallest absolute Gasteiger partial charge is 0.0964 e. The Labute approximate surface area is 63.8 Å². The van der Waals surface area contributed by atoms with E-state index in [1.54, 1.807) is 0 Å². The summed E-state index contributed by atoms with van der Waals surface area (Å²) < 4.78 is 5.51. The van der Waals surface area contributed by atoms with Gasteiger partial charge in [-0.25, -0.2) is 0 Å². The van der Waals surface area contributed by atoms with Gasteiger partial charge in [0.2, 0.25) is 0 Å².